The molecule has 0 saturated carbocycles. The molecule has 0 aliphatic rings. The van der Waals surface area contributed by atoms with Gasteiger partial charge in [-0.05, 0) is 24.4 Å². The number of nitrogens with two attached hydrogens (primary N) is 1. The van der Waals surface area contributed by atoms with E-state index in [2.05, 4.69) is 28.9 Å². The Morgan fingerprint density at radius 2 is 2.31 bits per heavy atom. The Hall–Kier alpha value is -0.520. The molecule has 1 aromatic rings. The van der Waals surface area contributed by atoms with Gasteiger partial charge in [0.15, 0.2) is 0 Å². The number of aryl methyl sites for hydroxylation is 1. The Labute approximate surface area is 82.7 Å². The van der Waals surface area contributed by atoms with Crippen molar-refractivity contribution in [3.63, 3.8) is 0 Å². The van der Waals surface area contributed by atoms with Gasteiger partial charge in [0.25, 0.3) is 0 Å². The second kappa shape index (κ2) is 5.26. The summed E-state index contributed by atoms with van der Waals surface area (Å²) in [6.45, 7) is 4.24. The third-order valence-electron chi connectivity index (χ3n) is 2.00. The highest BCUT2D eigenvalue weighted by Gasteiger charge is 2.15. The Morgan fingerprint density at radius 3 is 2.85 bits per heavy atom. The molecule has 1 rings (SSSR count). The molecule has 5 heteroatoms. The predicted octanol–water partition coefficient (Wildman–Crippen LogP) is 1.41. The third kappa shape index (κ3) is 2.46. The van der Waals surface area contributed by atoms with Crippen molar-refractivity contribution in [2.75, 3.05) is 0 Å². The molecule has 0 spiro atoms. The number of hydrazine groups is 1. The first-order valence-electron chi connectivity index (χ1n) is 4.60. The lowest BCUT2D eigenvalue weighted by atomic mass is 10.1. The van der Waals surface area contributed by atoms with Crippen molar-refractivity contribution in [1.29, 1.82) is 0 Å². The molecule has 0 fully saturated rings. The molecule has 3 N–H and O–H groups in total. The van der Waals surface area contributed by atoms with Crippen LogP contribution in [0.5, 0.6) is 0 Å². The minimum absolute atomic E-state index is 0.210. The van der Waals surface area contributed by atoms with Gasteiger partial charge in [0.05, 0.1) is 16.6 Å². The van der Waals surface area contributed by atoms with Crippen LogP contribution in [0.2, 0.25) is 0 Å². The van der Waals surface area contributed by atoms with Crippen molar-refractivity contribution in [2.45, 2.75) is 39.2 Å². The Bertz CT molecular complexity index is 244. The molecule has 0 bridgehead atoms. The van der Waals surface area contributed by atoms with Gasteiger partial charge < -0.3 is 0 Å². The van der Waals surface area contributed by atoms with Crippen molar-refractivity contribution < 1.29 is 0 Å². The van der Waals surface area contributed by atoms with Crippen LogP contribution in [0.15, 0.2) is 0 Å². The van der Waals surface area contributed by atoms with Gasteiger partial charge >= 0.3 is 0 Å². The maximum absolute atomic E-state index is 5.44. The van der Waals surface area contributed by atoms with Crippen LogP contribution in [0.4, 0.5) is 0 Å². The van der Waals surface area contributed by atoms with Gasteiger partial charge in [0.2, 0.25) is 0 Å². The van der Waals surface area contributed by atoms with Gasteiger partial charge in [-0.2, -0.15) is 0 Å². The molecule has 0 aliphatic heterocycles. The molecule has 0 aliphatic carbocycles. The van der Waals surface area contributed by atoms with E-state index in [0.717, 1.165) is 25.0 Å². The number of nitrogens with one attached hydrogen (secondary N) is 1. The molecule has 1 atom stereocenters. The highest BCUT2D eigenvalue weighted by atomic mass is 32.1. The van der Waals surface area contributed by atoms with E-state index in [1.165, 1.54) is 16.4 Å². The van der Waals surface area contributed by atoms with Gasteiger partial charge in [-0.25, -0.2) is 0 Å². The van der Waals surface area contributed by atoms with Crippen molar-refractivity contribution in [1.82, 2.24) is 15.0 Å². The first-order chi connectivity index (χ1) is 6.33. The molecule has 1 heterocycles. The average molecular weight is 200 g/mol. The summed E-state index contributed by atoms with van der Waals surface area (Å²) < 4.78 is 3.95. The van der Waals surface area contributed by atoms with E-state index in [1.54, 1.807) is 0 Å². The van der Waals surface area contributed by atoms with Crippen LogP contribution in [-0.4, -0.2) is 9.59 Å². The molecule has 13 heavy (non-hydrogen) atoms. The van der Waals surface area contributed by atoms with Crippen molar-refractivity contribution in [3.8, 4) is 0 Å². The number of aromatic nitrogens is 2. The van der Waals surface area contributed by atoms with Crippen LogP contribution in [0.25, 0.3) is 0 Å². The summed E-state index contributed by atoms with van der Waals surface area (Å²) in [5, 5.41) is 4.10. The Balaban J connectivity index is 2.78. The van der Waals surface area contributed by atoms with Crippen LogP contribution in [-0.2, 0) is 6.42 Å². The van der Waals surface area contributed by atoms with Crippen LogP contribution in [0.1, 0.15) is 43.3 Å². The highest BCUT2D eigenvalue weighted by molar-refractivity contribution is 7.05. The van der Waals surface area contributed by atoms with E-state index < -0.39 is 0 Å². The van der Waals surface area contributed by atoms with E-state index in [-0.39, 0.29) is 6.04 Å². The smallest absolute Gasteiger partial charge is 0.0804 e. The molecular weight excluding hydrogens is 184 g/mol. The fraction of sp³-hybridized carbons (Fsp3) is 0.750. The molecule has 1 unspecified atom stereocenters. The molecule has 0 amide bonds. The minimum Gasteiger partial charge on any atom is -0.271 e. The Kier molecular flexibility index (Phi) is 4.27. The van der Waals surface area contributed by atoms with Gasteiger partial charge in [-0.15, -0.1) is 5.10 Å². The lowest BCUT2D eigenvalue weighted by Crippen LogP contribution is -2.27. The van der Waals surface area contributed by atoms with E-state index in [4.69, 9.17) is 5.84 Å². The second-order valence-corrected chi connectivity index (χ2v) is 3.75. The van der Waals surface area contributed by atoms with Gasteiger partial charge in [-0.1, -0.05) is 24.8 Å². The first-order valence-corrected chi connectivity index (χ1v) is 5.38. The largest absolute Gasteiger partial charge is 0.271 e. The quantitative estimate of drug-likeness (QED) is 0.557. The topological polar surface area (TPSA) is 63.8 Å². The summed E-state index contributed by atoms with van der Waals surface area (Å²) in [5.41, 5.74) is 3.88. The van der Waals surface area contributed by atoms with Gasteiger partial charge in [-0.3, -0.25) is 11.3 Å². The third-order valence-corrected chi connectivity index (χ3v) is 2.88. The molecular formula is C8H16N4S. The Morgan fingerprint density at radius 1 is 1.54 bits per heavy atom. The zero-order valence-electron chi connectivity index (χ0n) is 8.08. The molecule has 74 valence electrons. The first kappa shape index (κ1) is 10.6. The fourth-order valence-electron chi connectivity index (χ4n) is 1.27. The number of hydrogen-bond acceptors (Lipinski definition) is 5. The molecule has 1 aromatic heterocycles. The zero-order chi connectivity index (χ0) is 9.68. The van der Waals surface area contributed by atoms with Crippen molar-refractivity contribution in [3.05, 3.63) is 10.6 Å². The monoisotopic (exact) mass is 200 g/mol. The minimum atomic E-state index is 0.210. The van der Waals surface area contributed by atoms with Crippen molar-refractivity contribution in [2.24, 2.45) is 5.84 Å². The highest BCUT2D eigenvalue weighted by Crippen LogP contribution is 2.22. The second-order valence-electron chi connectivity index (χ2n) is 2.96. The lowest BCUT2D eigenvalue weighted by Gasteiger charge is -2.11. The van der Waals surface area contributed by atoms with Crippen LogP contribution in [0, 0.1) is 0 Å². The number of hydrogen-bond donors (Lipinski definition) is 2. The van der Waals surface area contributed by atoms with Gasteiger partial charge in [0, 0.05) is 0 Å². The fourth-order valence-corrected chi connectivity index (χ4v) is 2.11. The number of rotatable bonds is 5. The van der Waals surface area contributed by atoms with E-state index in [0.29, 0.717) is 0 Å². The van der Waals surface area contributed by atoms with Crippen LogP contribution in [0.3, 0.4) is 0 Å². The molecule has 4 nitrogen and oxygen atoms in total. The molecule has 0 aromatic carbocycles. The van der Waals surface area contributed by atoms with E-state index >= 15 is 0 Å². The van der Waals surface area contributed by atoms with Crippen LogP contribution < -0.4 is 11.3 Å². The van der Waals surface area contributed by atoms with Gasteiger partial charge in [0.1, 0.15) is 0 Å². The standard InChI is InChI=1S/C8H16N4S/c1-3-5-7-8(13-12-11-7)6(4-2)10-9/h6,10H,3-5,9H2,1-2H3. The number of nitrogens with zero attached hydrogens (tertiary/aromatic N) is 2. The summed E-state index contributed by atoms with van der Waals surface area (Å²) in [4.78, 5) is 1.19. The summed E-state index contributed by atoms with van der Waals surface area (Å²) >= 11 is 1.44. The van der Waals surface area contributed by atoms with Crippen molar-refractivity contribution >= 4 is 11.5 Å². The predicted molar refractivity (Wildman–Crippen MR) is 54.3 cm³/mol. The average Bonchev–Trinajstić information content (AvgIpc) is 2.57. The summed E-state index contributed by atoms with van der Waals surface area (Å²) in [6.07, 6.45) is 3.06. The zero-order valence-corrected chi connectivity index (χ0v) is 8.90. The normalized spacial score (nSPS) is 13.2. The molecule has 0 radical (unpaired) electrons. The maximum Gasteiger partial charge on any atom is 0.0804 e. The van der Waals surface area contributed by atoms with E-state index in [1.807, 2.05) is 0 Å². The summed E-state index contributed by atoms with van der Waals surface area (Å²) in [6, 6.07) is 0.210. The maximum atomic E-state index is 5.44. The van der Waals surface area contributed by atoms with E-state index in [9.17, 15) is 0 Å². The summed E-state index contributed by atoms with van der Waals surface area (Å²) in [5.74, 6) is 5.44. The SMILES string of the molecule is CCCc1nnsc1C(CC)NN. The molecule has 0 saturated heterocycles. The lowest BCUT2D eigenvalue weighted by molar-refractivity contribution is 0.541. The summed E-state index contributed by atoms with van der Waals surface area (Å²) in [7, 11) is 0. The van der Waals surface area contributed by atoms with Crippen LogP contribution >= 0.6 is 11.5 Å².